The molecule has 1 aliphatic rings. The van der Waals surface area contributed by atoms with Crippen LogP contribution in [0.1, 0.15) is 26.8 Å². The zero-order valence-electron chi connectivity index (χ0n) is 10.3. The second-order valence-corrected chi connectivity index (χ2v) is 5.33. The van der Waals surface area contributed by atoms with Gasteiger partial charge in [-0.2, -0.15) is 0 Å². The number of fused-ring (bicyclic) bond motifs is 1. The number of nitrogens with one attached hydrogen (secondary N) is 1. The zero-order chi connectivity index (χ0) is 13.2. The molecule has 0 aliphatic carbocycles. The van der Waals surface area contributed by atoms with Crippen LogP contribution >= 0.6 is 11.3 Å². The first-order valence-electron chi connectivity index (χ1n) is 6.09. The van der Waals surface area contributed by atoms with Crippen molar-refractivity contribution in [3.05, 3.63) is 51.7 Å². The van der Waals surface area contributed by atoms with Gasteiger partial charge < -0.3 is 15.8 Å². The highest BCUT2D eigenvalue weighted by atomic mass is 32.1. The van der Waals surface area contributed by atoms with E-state index in [1.807, 2.05) is 35.7 Å². The first-order chi connectivity index (χ1) is 9.25. The molecule has 0 saturated carbocycles. The molecule has 0 fully saturated rings. The molecular weight excluding hydrogens is 260 g/mol. The van der Waals surface area contributed by atoms with Crippen LogP contribution in [-0.4, -0.2) is 19.1 Å². The number of hydrogen-bond acceptors (Lipinski definition) is 4. The molecule has 0 spiro atoms. The number of amides is 1. The van der Waals surface area contributed by atoms with E-state index >= 15 is 0 Å². The van der Waals surface area contributed by atoms with Crippen LogP contribution in [0, 0.1) is 0 Å². The Morgan fingerprint density at radius 1 is 1.37 bits per heavy atom. The normalized spacial score (nSPS) is 15.9. The van der Waals surface area contributed by atoms with Gasteiger partial charge in [0.05, 0.1) is 18.2 Å². The van der Waals surface area contributed by atoms with E-state index in [-0.39, 0.29) is 11.9 Å². The summed E-state index contributed by atoms with van der Waals surface area (Å²) in [6.45, 7) is 1.02. The number of rotatable bonds is 2. The van der Waals surface area contributed by atoms with Crippen molar-refractivity contribution in [2.24, 2.45) is 5.73 Å². The summed E-state index contributed by atoms with van der Waals surface area (Å²) in [5.74, 6) is 0.518. The van der Waals surface area contributed by atoms with Gasteiger partial charge >= 0.3 is 0 Å². The Labute approximate surface area is 115 Å². The topological polar surface area (TPSA) is 64.4 Å². The lowest BCUT2D eigenvalue weighted by Gasteiger charge is -2.13. The van der Waals surface area contributed by atoms with Crippen molar-refractivity contribution >= 4 is 17.2 Å². The number of carbonyl (C=O) groups excluding carboxylic acids is 1. The van der Waals surface area contributed by atoms with Crippen molar-refractivity contribution in [1.82, 2.24) is 5.32 Å². The van der Waals surface area contributed by atoms with Crippen LogP contribution in [-0.2, 0) is 0 Å². The van der Waals surface area contributed by atoms with E-state index in [1.165, 1.54) is 0 Å². The molecule has 1 amide bonds. The summed E-state index contributed by atoms with van der Waals surface area (Å²) in [6.07, 6.45) is 0. The number of benzene rings is 1. The molecule has 0 radical (unpaired) electrons. The lowest BCUT2D eigenvalue weighted by molar-refractivity contribution is 0.0957. The number of carbonyl (C=O) groups is 1. The summed E-state index contributed by atoms with van der Waals surface area (Å²) < 4.78 is 5.52. The Morgan fingerprint density at radius 3 is 3.05 bits per heavy atom. The highest BCUT2D eigenvalue weighted by molar-refractivity contribution is 7.10. The van der Waals surface area contributed by atoms with Gasteiger partial charge in [-0.15, -0.1) is 11.3 Å². The SMILES string of the molecule is NC(c1ccc2c(c1)C(=O)NCCO2)c1cccs1. The number of hydrogen-bond donors (Lipinski definition) is 2. The highest BCUT2D eigenvalue weighted by Crippen LogP contribution is 2.28. The summed E-state index contributed by atoms with van der Waals surface area (Å²) in [5.41, 5.74) is 7.69. The minimum absolute atomic E-state index is 0.104. The van der Waals surface area contributed by atoms with Gasteiger partial charge in [0.1, 0.15) is 12.4 Å². The second kappa shape index (κ2) is 5.03. The number of nitrogens with two attached hydrogens (primary N) is 1. The van der Waals surface area contributed by atoms with Crippen LogP contribution in [0.4, 0.5) is 0 Å². The molecule has 5 heteroatoms. The molecule has 0 bridgehead atoms. The van der Waals surface area contributed by atoms with Gasteiger partial charge in [-0.1, -0.05) is 12.1 Å². The lowest BCUT2D eigenvalue weighted by Crippen LogP contribution is -2.24. The maximum atomic E-state index is 11.9. The van der Waals surface area contributed by atoms with Gasteiger partial charge in [-0.25, -0.2) is 0 Å². The molecule has 3 N–H and O–H groups in total. The third-order valence-electron chi connectivity index (χ3n) is 3.10. The van der Waals surface area contributed by atoms with Gasteiger partial charge in [0.2, 0.25) is 0 Å². The third-order valence-corrected chi connectivity index (χ3v) is 4.06. The quantitative estimate of drug-likeness (QED) is 0.879. The summed E-state index contributed by atoms with van der Waals surface area (Å²) in [7, 11) is 0. The molecule has 4 nitrogen and oxygen atoms in total. The second-order valence-electron chi connectivity index (χ2n) is 4.35. The molecule has 2 aromatic rings. The molecule has 3 rings (SSSR count). The maximum absolute atomic E-state index is 11.9. The van der Waals surface area contributed by atoms with Gasteiger partial charge in [0.15, 0.2) is 0 Å². The van der Waals surface area contributed by atoms with Gasteiger partial charge in [0, 0.05) is 4.88 Å². The first kappa shape index (κ1) is 12.2. The predicted octanol–water partition coefficient (Wildman–Crippen LogP) is 1.92. The van der Waals surface area contributed by atoms with Crippen molar-refractivity contribution in [1.29, 1.82) is 0 Å². The largest absolute Gasteiger partial charge is 0.491 e. The monoisotopic (exact) mass is 274 g/mol. The Balaban J connectivity index is 1.98. The van der Waals surface area contributed by atoms with Crippen LogP contribution in [0.3, 0.4) is 0 Å². The Kier molecular flexibility index (Phi) is 3.23. The van der Waals surface area contributed by atoms with Crippen LogP contribution in [0.15, 0.2) is 35.7 Å². The molecule has 1 atom stereocenters. The van der Waals surface area contributed by atoms with Crippen molar-refractivity contribution in [2.45, 2.75) is 6.04 Å². The molecule has 0 saturated heterocycles. The van der Waals surface area contributed by atoms with Gasteiger partial charge in [-0.3, -0.25) is 4.79 Å². The molecule has 2 heterocycles. The third kappa shape index (κ3) is 2.34. The zero-order valence-corrected chi connectivity index (χ0v) is 11.1. The van der Waals surface area contributed by atoms with Crippen LogP contribution < -0.4 is 15.8 Å². The van der Waals surface area contributed by atoms with Crippen molar-refractivity contribution < 1.29 is 9.53 Å². The van der Waals surface area contributed by atoms with E-state index in [2.05, 4.69) is 5.32 Å². The molecule has 98 valence electrons. The van der Waals surface area contributed by atoms with Crippen molar-refractivity contribution in [3.8, 4) is 5.75 Å². The Morgan fingerprint density at radius 2 is 2.26 bits per heavy atom. The van der Waals surface area contributed by atoms with Crippen LogP contribution in [0.5, 0.6) is 5.75 Å². The van der Waals surface area contributed by atoms with Gasteiger partial charge in [-0.05, 0) is 29.1 Å². The van der Waals surface area contributed by atoms with Gasteiger partial charge in [0.25, 0.3) is 5.91 Å². The van der Waals surface area contributed by atoms with Crippen molar-refractivity contribution in [3.63, 3.8) is 0 Å². The van der Waals surface area contributed by atoms with E-state index in [9.17, 15) is 4.79 Å². The molecule has 1 aromatic carbocycles. The smallest absolute Gasteiger partial charge is 0.255 e. The standard InChI is InChI=1S/C14H14N2O2S/c15-13(12-2-1-7-19-12)9-3-4-11-10(8-9)14(17)16-5-6-18-11/h1-4,7-8,13H,5-6,15H2,(H,16,17). The van der Waals surface area contributed by atoms with E-state index in [0.29, 0.717) is 24.5 Å². The minimum atomic E-state index is -0.207. The lowest BCUT2D eigenvalue weighted by atomic mass is 10.0. The fourth-order valence-corrected chi connectivity index (χ4v) is 2.85. The summed E-state index contributed by atoms with van der Waals surface area (Å²) in [6, 6.07) is 9.32. The Hall–Kier alpha value is -1.85. The maximum Gasteiger partial charge on any atom is 0.255 e. The molecule has 19 heavy (non-hydrogen) atoms. The Bertz CT molecular complexity index is 595. The van der Waals surface area contributed by atoms with Crippen molar-refractivity contribution in [2.75, 3.05) is 13.2 Å². The molecule has 1 unspecified atom stereocenters. The predicted molar refractivity (Wildman–Crippen MR) is 74.6 cm³/mol. The van der Waals surface area contributed by atoms with Crippen LogP contribution in [0.25, 0.3) is 0 Å². The average Bonchev–Trinajstić information content (AvgIpc) is 2.90. The number of ether oxygens (including phenoxy) is 1. The fourth-order valence-electron chi connectivity index (χ4n) is 2.10. The van der Waals surface area contributed by atoms with E-state index < -0.39 is 0 Å². The summed E-state index contributed by atoms with van der Waals surface area (Å²) >= 11 is 1.61. The first-order valence-corrected chi connectivity index (χ1v) is 6.97. The average molecular weight is 274 g/mol. The highest BCUT2D eigenvalue weighted by Gasteiger charge is 2.19. The minimum Gasteiger partial charge on any atom is -0.491 e. The van der Waals surface area contributed by atoms with E-state index in [0.717, 1.165) is 10.4 Å². The summed E-state index contributed by atoms with van der Waals surface area (Å²) in [4.78, 5) is 13.0. The molecule has 1 aromatic heterocycles. The summed E-state index contributed by atoms with van der Waals surface area (Å²) in [5, 5.41) is 4.79. The van der Waals surface area contributed by atoms with E-state index in [1.54, 1.807) is 11.3 Å². The van der Waals surface area contributed by atoms with E-state index in [4.69, 9.17) is 10.5 Å². The fraction of sp³-hybridized carbons (Fsp3) is 0.214. The number of thiophene rings is 1. The molecular formula is C14H14N2O2S. The molecule has 1 aliphatic heterocycles. The van der Waals surface area contributed by atoms with Crippen LogP contribution in [0.2, 0.25) is 0 Å².